The molecule has 0 aliphatic rings. The van der Waals surface area contributed by atoms with Gasteiger partial charge in [0.1, 0.15) is 17.2 Å². The van der Waals surface area contributed by atoms with Crippen LogP contribution >= 0.6 is 0 Å². The van der Waals surface area contributed by atoms with Gasteiger partial charge in [-0.1, -0.05) is 34.6 Å². The molecule has 0 aliphatic carbocycles. The van der Waals surface area contributed by atoms with Crippen molar-refractivity contribution in [3.8, 4) is 17.2 Å². The summed E-state index contributed by atoms with van der Waals surface area (Å²) in [7, 11) is 1.68. The van der Waals surface area contributed by atoms with Crippen molar-refractivity contribution in [3.05, 3.63) is 47.0 Å². The number of aryl methyl sites for hydroxylation is 2. The molecule has 0 heterocycles. The lowest BCUT2D eigenvalue weighted by Gasteiger charge is -2.20. The molecule has 0 saturated carbocycles. The Bertz CT molecular complexity index is 809. The number of hydrogen-bond acceptors (Lipinski definition) is 3. The molecule has 146 valence electrons. The van der Waals surface area contributed by atoms with E-state index in [-0.39, 0.29) is 5.91 Å². The first-order valence-electron chi connectivity index (χ1n) is 9.31. The Hall–Kier alpha value is -2.49. The van der Waals surface area contributed by atoms with Crippen LogP contribution in [0.15, 0.2) is 30.3 Å². The molecular weight excluding hydrogens is 338 g/mol. The maximum atomic E-state index is 12.2. The number of ether oxygens (including phenoxy) is 2. The van der Waals surface area contributed by atoms with Crippen molar-refractivity contribution in [1.82, 2.24) is 0 Å². The third-order valence-corrected chi connectivity index (χ3v) is 4.44. The van der Waals surface area contributed by atoms with E-state index in [0.717, 1.165) is 39.6 Å². The van der Waals surface area contributed by atoms with E-state index < -0.39 is 5.41 Å². The van der Waals surface area contributed by atoms with Crippen molar-refractivity contribution in [3.63, 3.8) is 0 Å². The second-order valence-electron chi connectivity index (χ2n) is 8.30. The van der Waals surface area contributed by atoms with E-state index in [1.54, 1.807) is 7.11 Å². The molecule has 0 saturated heterocycles. The highest BCUT2D eigenvalue weighted by Crippen LogP contribution is 2.35. The Balaban J connectivity index is 2.30. The van der Waals surface area contributed by atoms with E-state index in [4.69, 9.17) is 9.47 Å². The molecule has 2 aromatic rings. The summed E-state index contributed by atoms with van der Waals surface area (Å²) < 4.78 is 11.6. The number of methoxy groups -OCH3 is 1. The van der Waals surface area contributed by atoms with Gasteiger partial charge in [-0.3, -0.25) is 4.79 Å². The van der Waals surface area contributed by atoms with Crippen LogP contribution in [0.3, 0.4) is 0 Å². The van der Waals surface area contributed by atoms with Gasteiger partial charge in [0.15, 0.2) is 0 Å². The fourth-order valence-corrected chi connectivity index (χ4v) is 2.85. The average molecular weight is 370 g/mol. The largest absolute Gasteiger partial charge is 0.496 e. The number of hydrogen-bond donors (Lipinski definition) is 1. The number of benzene rings is 2. The van der Waals surface area contributed by atoms with Crippen LogP contribution in [-0.2, 0) is 4.79 Å². The van der Waals surface area contributed by atoms with Crippen LogP contribution in [0.2, 0.25) is 0 Å². The summed E-state index contributed by atoms with van der Waals surface area (Å²) in [5, 5.41) is 2.98. The van der Waals surface area contributed by atoms with Crippen LogP contribution in [-0.4, -0.2) is 13.0 Å². The first kappa shape index (κ1) is 20.8. The lowest BCUT2D eigenvalue weighted by atomic mass is 9.95. The molecule has 4 nitrogen and oxygen atoms in total. The Morgan fingerprint density at radius 2 is 1.63 bits per heavy atom. The topological polar surface area (TPSA) is 47.6 Å². The van der Waals surface area contributed by atoms with Gasteiger partial charge in [0, 0.05) is 16.7 Å². The molecule has 0 aromatic heterocycles. The Morgan fingerprint density at radius 3 is 2.11 bits per heavy atom. The van der Waals surface area contributed by atoms with Crippen molar-refractivity contribution < 1.29 is 14.3 Å². The molecule has 4 heteroatoms. The molecule has 0 unspecified atom stereocenters. The van der Waals surface area contributed by atoms with Gasteiger partial charge >= 0.3 is 0 Å². The second kappa shape index (κ2) is 8.03. The summed E-state index contributed by atoms with van der Waals surface area (Å²) in [6, 6.07) is 9.77. The molecule has 1 amide bonds. The average Bonchev–Trinajstić information content (AvgIpc) is 2.57. The van der Waals surface area contributed by atoms with Crippen LogP contribution in [0.4, 0.5) is 5.69 Å². The van der Waals surface area contributed by atoms with Gasteiger partial charge in [-0.15, -0.1) is 0 Å². The van der Waals surface area contributed by atoms with Gasteiger partial charge in [0.25, 0.3) is 0 Å². The van der Waals surface area contributed by atoms with Gasteiger partial charge in [-0.2, -0.15) is 0 Å². The normalized spacial score (nSPS) is 11.4. The molecule has 0 fully saturated rings. The zero-order valence-electron chi connectivity index (χ0n) is 17.7. The van der Waals surface area contributed by atoms with Crippen molar-refractivity contribution in [2.24, 2.45) is 5.41 Å². The molecule has 1 N–H and O–H groups in total. The van der Waals surface area contributed by atoms with Gasteiger partial charge in [0.05, 0.1) is 7.11 Å². The predicted octanol–water partition coefficient (Wildman–Crippen LogP) is 6.21. The number of nitrogens with one attached hydrogen (secondary N) is 1. The van der Waals surface area contributed by atoms with E-state index in [1.165, 1.54) is 0 Å². The van der Waals surface area contributed by atoms with E-state index in [1.807, 2.05) is 65.0 Å². The lowest BCUT2D eigenvalue weighted by Crippen LogP contribution is -2.27. The van der Waals surface area contributed by atoms with E-state index in [2.05, 4.69) is 19.2 Å². The second-order valence-corrected chi connectivity index (χ2v) is 8.30. The fourth-order valence-electron chi connectivity index (χ4n) is 2.85. The molecule has 0 bridgehead atoms. The Kier molecular flexibility index (Phi) is 6.19. The molecule has 0 spiro atoms. The van der Waals surface area contributed by atoms with Gasteiger partial charge in [0.2, 0.25) is 5.91 Å². The highest BCUT2D eigenvalue weighted by Gasteiger charge is 2.21. The third kappa shape index (κ3) is 5.03. The molecule has 0 atom stereocenters. The number of amides is 1. The van der Waals surface area contributed by atoms with Crippen LogP contribution in [0, 0.1) is 19.3 Å². The van der Waals surface area contributed by atoms with Crippen LogP contribution in [0.5, 0.6) is 17.2 Å². The van der Waals surface area contributed by atoms with Gasteiger partial charge < -0.3 is 14.8 Å². The summed E-state index contributed by atoms with van der Waals surface area (Å²) in [5.74, 6) is 2.78. The highest BCUT2D eigenvalue weighted by atomic mass is 16.5. The predicted molar refractivity (Wildman–Crippen MR) is 111 cm³/mol. The molecule has 27 heavy (non-hydrogen) atoms. The zero-order chi connectivity index (χ0) is 20.4. The Morgan fingerprint density at radius 1 is 1.04 bits per heavy atom. The SMILES string of the molecule is COc1ccc(Oc2c(C)cc(NC(=O)C(C)(C)C)cc2C)cc1C(C)C. The maximum Gasteiger partial charge on any atom is 0.229 e. The summed E-state index contributed by atoms with van der Waals surface area (Å²) in [6.07, 6.45) is 0. The zero-order valence-corrected chi connectivity index (χ0v) is 17.7. The third-order valence-electron chi connectivity index (χ3n) is 4.44. The minimum Gasteiger partial charge on any atom is -0.496 e. The molecule has 2 aromatic carbocycles. The van der Waals surface area contributed by atoms with Crippen molar-refractivity contribution in [2.75, 3.05) is 12.4 Å². The van der Waals surface area contributed by atoms with Crippen LogP contribution in [0.25, 0.3) is 0 Å². The number of carbonyl (C=O) groups excluding carboxylic acids is 1. The van der Waals surface area contributed by atoms with E-state index >= 15 is 0 Å². The van der Waals surface area contributed by atoms with Crippen LogP contribution < -0.4 is 14.8 Å². The summed E-state index contributed by atoms with van der Waals surface area (Å²) >= 11 is 0. The monoisotopic (exact) mass is 369 g/mol. The summed E-state index contributed by atoms with van der Waals surface area (Å²) in [6.45, 7) is 13.9. The molecular formula is C23H31NO3. The van der Waals surface area contributed by atoms with Gasteiger partial charge in [-0.25, -0.2) is 0 Å². The van der Waals surface area contributed by atoms with Crippen molar-refractivity contribution in [1.29, 1.82) is 0 Å². The van der Waals surface area contributed by atoms with Crippen molar-refractivity contribution in [2.45, 2.75) is 54.4 Å². The first-order valence-corrected chi connectivity index (χ1v) is 9.31. The number of rotatable bonds is 5. The van der Waals surface area contributed by atoms with Gasteiger partial charge in [-0.05, 0) is 61.2 Å². The van der Waals surface area contributed by atoms with Crippen LogP contribution in [0.1, 0.15) is 57.2 Å². The molecule has 0 radical (unpaired) electrons. The fraction of sp³-hybridized carbons (Fsp3) is 0.435. The molecule has 0 aliphatic heterocycles. The van der Waals surface area contributed by atoms with E-state index in [0.29, 0.717) is 5.92 Å². The minimum absolute atomic E-state index is 0.00769. The quantitative estimate of drug-likeness (QED) is 0.681. The van der Waals surface area contributed by atoms with E-state index in [9.17, 15) is 4.79 Å². The summed E-state index contributed by atoms with van der Waals surface area (Å²) in [4.78, 5) is 12.2. The van der Waals surface area contributed by atoms with Crippen molar-refractivity contribution >= 4 is 11.6 Å². The highest BCUT2D eigenvalue weighted by molar-refractivity contribution is 5.94. The standard InChI is InChI=1S/C23H31NO3/c1-14(2)19-13-18(9-10-20(19)26-8)27-21-15(3)11-17(12-16(21)4)24-22(25)23(5,6)7/h9-14H,1-8H3,(H,24,25). The molecule has 2 rings (SSSR count). The summed E-state index contributed by atoms with van der Waals surface area (Å²) in [5.41, 5.74) is 3.41. The maximum absolute atomic E-state index is 12.2. The Labute approximate surface area is 162 Å². The number of anilines is 1. The number of carbonyl (C=O) groups is 1. The first-order chi connectivity index (χ1) is 12.5. The lowest BCUT2D eigenvalue weighted by molar-refractivity contribution is -0.123. The smallest absolute Gasteiger partial charge is 0.229 e. The minimum atomic E-state index is -0.437.